The number of carboxylic acids is 1. The summed E-state index contributed by atoms with van der Waals surface area (Å²) in [6.45, 7) is 4.59. The summed E-state index contributed by atoms with van der Waals surface area (Å²) in [6, 6.07) is 0. The molecule has 0 aliphatic carbocycles. The zero-order valence-corrected chi connectivity index (χ0v) is 9.12. The number of nitrogens with zero attached hydrogens (tertiary/aromatic N) is 2. The third-order valence-corrected chi connectivity index (χ3v) is 1.83. The third kappa shape index (κ3) is 3.38. The molecule has 0 aromatic carbocycles. The van der Waals surface area contributed by atoms with Crippen LogP contribution in [0.25, 0.3) is 0 Å². The summed E-state index contributed by atoms with van der Waals surface area (Å²) >= 11 is 0. The van der Waals surface area contributed by atoms with Gasteiger partial charge in [0, 0.05) is 24.9 Å². The van der Waals surface area contributed by atoms with Gasteiger partial charge in [-0.2, -0.15) is 0 Å². The summed E-state index contributed by atoms with van der Waals surface area (Å²) in [4.78, 5) is 14.5. The molecule has 0 unspecified atom stereocenters. The lowest BCUT2D eigenvalue weighted by molar-refractivity contribution is -0.137. The molecule has 0 atom stereocenters. The van der Waals surface area contributed by atoms with Gasteiger partial charge in [0.15, 0.2) is 0 Å². The van der Waals surface area contributed by atoms with E-state index in [1.807, 2.05) is 24.6 Å². The van der Waals surface area contributed by atoms with Crippen molar-refractivity contribution in [3.63, 3.8) is 0 Å². The zero-order valence-electron chi connectivity index (χ0n) is 8.30. The lowest BCUT2D eigenvalue weighted by Gasteiger charge is -2.08. The highest BCUT2D eigenvalue weighted by Gasteiger charge is 2.07. The first-order valence-electron chi connectivity index (χ1n) is 4.34. The van der Waals surface area contributed by atoms with Crippen LogP contribution in [0.5, 0.6) is 0 Å². The van der Waals surface area contributed by atoms with Gasteiger partial charge in [-0.15, -0.1) is 12.4 Å². The SMILES string of the molecule is CC(C)c1nccn1CCC(=O)O.Cl. The fraction of sp³-hybridized carbons (Fsp3) is 0.556. The van der Waals surface area contributed by atoms with Gasteiger partial charge in [-0.3, -0.25) is 4.79 Å². The Morgan fingerprint density at radius 2 is 2.29 bits per heavy atom. The molecule has 0 aliphatic rings. The highest BCUT2D eigenvalue weighted by Crippen LogP contribution is 2.11. The lowest BCUT2D eigenvalue weighted by Crippen LogP contribution is -2.08. The van der Waals surface area contributed by atoms with Crippen molar-refractivity contribution < 1.29 is 9.90 Å². The minimum absolute atomic E-state index is 0. The van der Waals surface area contributed by atoms with E-state index >= 15 is 0 Å². The summed E-state index contributed by atoms with van der Waals surface area (Å²) in [5.74, 6) is 0.508. The van der Waals surface area contributed by atoms with E-state index in [2.05, 4.69) is 4.98 Å². The average Bonchev–Trinajstić information content (AvgIpc) is 2.47. The predicted molar refractivity (Wildman–Crippen MR) is 55.8 cm³/mol. The van der Waals surface area contributed by atoms with Crippen molar-refractivity contribution in [1.29, 1.82) is 0 Å². The zero-order chi connectivity index (χ0) is 9.84. The van der Waals surface area contributed by atoms with E-state index in [1.54, 1.807) is 6.20 Å². The van der Waals surface area contributed by atoms with Crippen molar-refractivity contribution >= 4 is 18.4 Å². The van der Waals surface area contributed by atoms with Gasteiger partial charge in [-0.05, 0) is 0 Å². The van der Waals surface area contributed by atoms with E-state index in [0.29, 0.717) is 12.5 Å². The molecule has 0 saturated heterocycles. The summed E-state index contributed by atoms with van der Waals surface area (Å²) in [7, 11) is 0. The molecule has 80 valence electrons. The number of aromatic nitrogens is 2. The number of imidazole rings is 1. The third-order valence-electron chi connectivity index (χ3n) is 1.83. The van der Waals surface area contributed by atoms with E-state index in [4.69, 9.17) is 5.11 Å². The van der Waals surface area contributed by atoms with Crippen molar-refractivity contribution in [2.45, 2.75) is 32.7 Å². The number of aliphatic carboxylic acids is 1. The smallest absolute Gasteiger partial charge is 0.305 e. The number of rotatable bonds is 4. The Bertz CT molecular complexity index is 297. The van der Waals surface area contributed by atoms with Crippen molar-refractivity contribution in [3.05, 3.63) is 18.2 Å². The Balaban J connectivity index is 0.00000169. The molecule has 0 spiro atoms. The quantitative estimate of drug-likeness (QED) is 0.840. The Kier molecular flexibility index (Phi) is 5.23. The summed E-state index contributed by atoms with van der Waals surface area (Å²) < 4.78 is 1.89. The van der Waals surface area contributed by atoms with E-state index < -0.39 is 5.97 Å². The van der Waals surface area contributed by atoms with Crippen LogP contribution in [-0.4, -0.2) is 20.6 Å². The van der Waals surface area contributed by atoms with Crippen LogP contribution in [0.15, 0.2) is 12.4 Å². The second-order valence-corrected chi connectivity index (χ2v) is 3.28. The van der Waals surface area contributed by atoms with Crippen LogP contribution in [0.4, 0.5) is 0 Å². The van der Waals surface area contributed by atoms with E-state index in [1.165, 1.54) is 0 Å². The maximum absolute atomic E-state index is 10.3. The molecule has 1 aromatic rings. The van der Waals surface area contributed by atoms with Crippen LogP contribution in [0.2, 0.25) is 0 Å². The molecule has 0 saturated carbocycles. The molecular weight excluding hydrogens is 204 g/mol. The summed E-state index contributed by atoms with van der Waals surface area (Å²) in [6.07, 6.45) is 3.67. The number of carbonyl (C=O) groups is 1. The van der Waals surface area contributed by atoms with Crippen LogP contribution in [-0.2, 0) is 11.3 Å². The molecule has 0 bridgehead atoms. The molecule has 1 rings (SSSR count). The topological polar surface area (TPSA) is 55.1 Å². The first kappa shape index (κ1) is 13.0. The van der Waals surface area contributed by atoms with E-state index in [-0.39, 0.29) is 18.8 Å². The highest BCUT2D eigenvalue weighted by atomic mass is 35.5. The second-order valence-electron chi connectivity index (χ2n) is 3.28. The molecule has 1 N–H and O–H groups in total. The van der Waals surface area contributed by atoms with Crippen molar-refractivity contribution in [2.75, 3.05) is 0 Å². The fourth-order valence-corrected chi connectivity index (χ4v) is 1.23. The molecule has 1 aromatic heterocycles. The number of aryl methyl sites for hydroxylation is 1. The molecule has 0 fully saturated rings. The maximum Gasteiger partial charge on any atom is 0.305 e. The van der Waals surface area contributed by atoms with Crippen molar-refractivity contribution in [1.82, 2.24) is 9.55 Å². The average molecular weight is 219 g/mol. The fourth-order valence-electron chi connectivity index (χ4n) is 1.23. The molecule has 0 radical (unpaired) electrons. The van der Waals surface area contributed by atoms with E-state index in [0.717, 1.165) is 5.82 Å². The number of hydrogen-bond donors (Lipinski definition) is 1. The number of hydrogen-bond acceptors (Lipinski definition) is 2. The summed E-state index contributed by atoms with van der Waals surface area (Å²) in [5.41, 5.74) is 0. The van der Waals surface area contributed by atoms with Gasteiger partial charge in [0.05, 0.1) is 6.42 Å². The predicted octanol–water partition coefficient (Wildman–Crippen LogP) is 1.90. The highest BCUT2D eigenvalue weighted by molar-refractivity contribution is 5.85. The normalized spacial score (nSPS) is 9.93. The Morgan fingerprint density at radius 1 is 1.64 bits per heavy atom. The first-order valence-corrected chi connectivity index (χ1v) is 4.34. The lowest BCUT2D eigenvalue weighted by atomic mass is 10.2. The minimum Gasteiger partial charge on any atom is -0.481 e. The first-order chi connectivity index (χ1) is 6.11. The van der Waals surface area contributed by atoms with Crippen LogP contribution >= 0.6 is 12.4 Å². The Labute approximate surface area is 89.4 Å². The van der Waals surface area contributed by atoms with Crippen LogP contribution in [0, 0.1) is 0 Å². The van der Waals surface area contributed by atoms with Gasteiger partial charge in [0.1, 0.15) is 5.82 Å². The molecule has 1 heterocycles. The molecule has 0 aliphatic heterocycles. The van der Waals surface area contributed by atoms with Crippen LogP contribution in [0.1, 0.15) is 32.0 Å². The molecule has 14 heavy (non-hydrogen) atoms. The molecule has 4 nitrogen and oxygen atoms in total. The van der Waals surface area contributed by atoms with Gasteiger partial charge < -0.3 is 9.67 Å². The van der Waals surface area contributed by atoms with Crippen LogP contribution < -0.4 is 0 Å². The number of halogens is 1. The largest absolute Gasteiger partial charge is 0.481 e. The van der Waals surface area contributed by atoms with Crippen LogP contribution in [0.3, 0.4) is 0 Å². The standard InChI is InChI=1S/C9H14N2O2.ClH/c1-7(2)9-10-4-6-11(9)5-3-8(12)13;/h4,6-7H,3,5H2,1-2H3,(H,12,13);1H. The minimum atomic E-state index is -0.775. The second kappa shape index (κ2) is 5.65. The van der Waals surface area contributed by atoms with Gasteiger partial charge in [0.25, 0.3) is 0 Å². The van der Waals surface area contributed by atoms with Gasteiger partial charge in [-0.25, -0.2) is 4.98 Å². The van der Waals surface area contributed by atoms with Crippen molar-refractivity contribution in [3.8, 4) is 0 Å². The van der Waals surface area contributed by atoms with Gasteiger partial charge >= 0.3 is 5.97 Å². The molecular formula is C9H15ClN2O2. The summed E-state index contributed by atoms with van der Waals surface area (Å²) in [5, 5.41) is 8.51. The van der Waals surface area contributed by atoms with Gasteiger partial charge in [0.2, 0.25) is 0 Å². The molecule has 5 heteroatoms. The van der Waals surface area contributed by atoms with Crippen molar-refractivity contribution in [2.24, 2.45) is 0 Å². The van der Waals surface area contributed by atoms with E-state index in [9.17, 15) is 4.79 Å². The van der Waals surface area contributed by atoms with Gasteiger partial charge in [-0.1, -0.05) is 13.8 Å². The molecule has 0 amide bonds. The maximum atomic E-state index is 10.3. The monoisotopic (exact) mass is 218 g/mol. The Hall–Kier alpha value is -1.03. The number of carboxylic acid groups (broad SMARTS) is 1. The Morgan fingerprint density at radius 3 is 2.79 bits per heavy atom.